The van der Waals surface area contributed by atoms with Crippen molar-refractivity contribution >= 4 is 35.4 Å². The number of rotatable bonds is 5. The minimum atomic E-state index is -1.82. The van der Waals surface area contributed by atoms with Gasteiger partial charge in [-0.1, -0.05) is 13.3 Å². The summed E-state index contributed by atoms with van der Waals surface area (Å²) in [6, 6.07) is 0.744. The second kappa shape index (κ2) is 9.49. The van der Waals surface area contributed by atoms with Crippen LogP contribution in [-0.4, -0.2) is 60.7 Å². The number of fused-ring (bicyclic) bond motifs is 2. The van der Waals surface area contributed by atoms with Crippen LogP contribution in [0.1, 0.15) is 51.1 Å². The van der Waals surface area contributed by atoms with Gasteiger partial charge < -0.3 is 10.2 Å². The van der Waals surface area contributed by atoms with Crippen LogP contribution in [0.4, 0.5) is 0 Å². The molecule has 9 heteroatoms. The number of hydrogen-bond acceptors (Lipinski definition) is 7. The zero-order valence-corrected chi connectivity index (χ0v) is 16.2. The maximum Gasteiger partial charge on any atom is 0.414 e. The van der Waals surface area contributed by atoms with Gasteiger partial charge in [-0.25, -0.2) is 9.59 Å². The number of carboxylic acids is 2. The third-order valence-corrected chi connectivity index (χ3v) is 6.60. The molecule has 0 aliphatic carbocycles. The lowest BCUT2D eigenvalue weighted by Crippen LogP contribution is -2.34. The third-order valence-electron chi connectivity index (χ3n) is 4.88. The quantitative estimate of drug-likeness (QED) is 0.451. The van der Waals surface area contributed by atoms with E-state index in [0.717, 1.165) is 12.0 Å². The molecule has 1 aromatic rings. The predicted molar refractivity (Wildman–Crippen MR) is 97.3 cm³/mol. The molecule has 2 aliphatic rings. The molecule has 7 nitrogen and oxygen atoms in total. The standard InChI is InChI=1S/C14H23N3S2.C2H2O4/c1-3-4-8-18-14-13(15-19-16-14)12-9-17-7-5-6-11(12)10(17)2;3-1(4)2(5)6/h10-12H,3-9H2,1-2H3;(H,3,4)(H,5,6). The molecule has 2 bridgehead atoms. The maximum atomic E-state index is 9.10. The molecule has 3 heterocycles. The van der Waals surface area contributed by atoms with Crippen molar-refractivity contribution in [3.8, 4) is 0 Å². The molecule has 3 rings (SSSR count). The third kappa shape index (κ3) is 5.15. The number of nitrogens with zero attached hydrogens (tertiary/aromatic N) is 3. The fourth-order valence-electron chi connectivity index (χ4n) is 3.54. The van der Waals surface area contributed by atoms with Gasteiger partial charge in [-0.15, -0.1) is 11.8 Å². The first-order valence-corrected chi connectivity index (χ1v) is 10.3. The first kappa shape index (κ1) is 20.1. The Morgan fingerprint density at radius 3 is 2.64 bits per heavy atom. The van der Waals surface area contributed by atoms with Gasteiger partial charge in [0.1, 0.15) is 5.03 Å². The average molecular weight is 388 g/mol. The Morgan fingerprint density at radius 1 is 1.32 bits per heavy atom. The van der Waals surface area contributed by atoms with Crippen molar-refractivity contribution in [1.82, 2.24) is 13.6 Å². The highest BCUT2D eigenvalue weighted by Crippen LogP contribution is 2.44. The number of carboxylic acid groups (broad SMARTS) is 2. The molecule has 25 heavy (non-hydrogen) atoms. The summed E-state index contributed by atoms with van der Waals surface area (Å²) in [6.07, 6.45) is 5.27. The second-order valence-corrected chi connectivity index (χ2v) is 8.03. The molecular formula is C16H25N3O4S2. The Bertz CT molecular complexity index is 584. The van der Waals surface area contributed by atoms with Crippen molar-refractivity contribution in [2.45, 2.75) is 56.5 Å². The van der Waals surface area contributed by atoms with Crippen LogP contribution in [0.3, 0.4) is 0 Å². The summed E-state index contributed by atoms with van der Waals surface area (Å²) in [5.41, 5.74) is 1.31. The van der Waals surface area contributed by atoms with E-state index < -0.39 is 11.9 Å². The van der Waals surface area contributed by atoms with Crippen LogP contribution in [0.25, 0.3) is 0 Å². The Balaban J connectivity index is 0.000000326. The highest BCUT2D eigenvalue weighted by Gasteiger charge is 2.43. The van der Waals surface area contributed by atoms with Gasteiger partial charge in [-0.2, -0.15) is 8.75 Å². The molecule has 0 radical (unpaired) electrons. The van der Waals surface area contributed by atoms with Crippen molar-refractivity contribution in [3.05, 3.63) is 5.69 Å². The van der Waals surface area contributed by atoms with Gasteiger partial charge in [0.2, 0.25) is 0 Å². The van der Waals surface area contributed by atoms with E-state index in [2.05, 4.69) is 27.5 Å². The Labute approximate surface area is 156 Å². The number of piperidine rings is 1. The average Bonchev–Trinajstić information content (AvgIpc) is 3.07. The van der Waals surface area contributed by atoms with E-state index in [0.29, 0.717) is 5.92 Å². The van der Waals surface area contributed by atoms with Crippen LogP contribution in [0.15, 0.2) is 5.03 Å². The lowest BCUT2D eigenvalue weighted by Gasteiger charge is -2.30. The van der Waals surface area contributed by atoms with Gasteiger partial charge in [0, 0.05) is 18.5 Å². The zero-order chi connectivity index (χ0) is 18.4. The van der Waals surface area contributed by atoms with Crippen LogP contribution < -0.4 is 0 Å². The molecule has 2 fully saturated rings. The fraction of sp³-hybridized carbons (Fsp3) is 0.750. The summed E-state index contributed by atoms with van der Waals surface area (Å²) in [5, 5.41) is 16.0. The highest BCUT2D eigenvalue weighted by atomic mass is 32.2. The van der Waals surface area contributed by atoms with E-state index in [1.54, 1.807) is 0 Å². The zero-order valence-electron chi connectivity index (χ0n) is 14.6. The van der Waals surface area contributed by atoms with E-state index in [4.69, 9.17) is 19.8 Å². The van der Waals surface area contributed by atoms with E-state index in [1.807, 2.05) is 11.8 Å². The van der Waals surface area contributed by atoms with Gasteiger partial charge in [0.25, 0.3) is 0 Å². The van der Waals surface area contributed by atoms with Crippen LogP contribution in [0.2, 0.25) is 0 Å². The maximum absolute atomic E-state index is 9.10. The highest BCUT2D eigenvalue weighted by molar-refractivity contribution is 7.99. The first-order chi connectivity index (χ1) is 12.0. The molecule has 0 spiro atoms. The van der Waals surface area contributed by atoms with Crippen LogP contribution in [0, 0.1) is 5.92 Å². The molecule has 0 aromatic carbocycles. The number of unbranched alkanes of at least 4 members (excludes halogenated alkanes) is 1. The molecule has 0 amide bonds. The first-order valence-electron chi connectivity index (χ1n) is 8.61. The second-order valence-electron chi connectivity index (χ2n) is 6.42. The SMILES string of the molecule is CCCCSc1nsnc1C1CN2CCCC1C2C.O=C(O)C(=O)O. The Kier molecular flexibility index (Phi) is 7.64. The summed E-state index contributed by atoms with van der Waals surface area (Å²) < 4.78 is 9.20. The van der Waals surface area contributed by atoms with E-state index >= 15 is 0 Å². The van der Waals surface area contributed by atoms with E-state index in [1.165, 1.54) is 67.0 Å². The van der Waals surface area contributed by atoms with Gasteiger partial charge >= 0.3 is 11.9 Å². The number of thioether (sulfide) groups is 1. The summed E-state index contributed by atoms with van der Waals surface area (Å²) in [6.45, 7) is 7.13. The normalized spacial score (nSPS) is 27.4. The molecule has 1 aromatic heterocycles. The smallest absolute Gasteiger partial charge is 0.414 e. The van der Waals surface area contributed by atoms with Crippen molar-refractivity contribution in [3.63, 3.8) is 0 Å². The number of hydrogen-bond donors (Lipinski definition) is 2. The number of carbonyl (C=O) groups is 2. The summed E-state index contributed by atoms with van der Waals surface area (Å²) in [5.74, 6) is -1.01. The molecular weight excluding hydrogens is 362 g/mol. The summed E-state index contributed by atoms with van der Waals surface area (Å²) in [7, 11) is 0. The van der Waals surface area contributed by atoms with Gasteiger partial charge in [-0.3, -0.25) is 4.90 Å². The molecule has 140 valence electrons. The molecule has 2 aliphatic heterocycles. The van der Waals surface area contributed by atoms with Crippen LogP contribution >= 0.6 is 23.5 Å². The number of aliphatic carboxylic acids is 2. The van der Waals surface area contributed by atoms with E-state index in [-0.39, 0.29) is 0 Å². The monoisotopic (exact) mass is 387 g/mol. The van der Waals surface area contributed by atoms with Gasteiger partial charge in [0.05, 0.1) is 17.4 Å². The Hall–Kier alpha value is -1.19. The Morgan fingerprint density at radius 2 is 2.04 bits per heavy atom. The molecule has 0 saturated carbocycles. The lowest BCUT2D eigenvalue weighted by atomic mass is 9.84. The van der Waals surface area contributed by atoms with Crippen molar-refractivity contribution < 1.29 is 19.8 Å². The van der Waals surface area contributed by atoms with Crippen LogP contribution in [0.5, 0.6) is 0 Å². The minimum absolute atomic E-state index is 0.639. The summed E-state index contributed by atoms with van der Waals surface area (Å²) >= 11 is 3.33. The molecule has 4 atom stereocenters. The molecule has 2 N–H and O–H groups in total. The van der Waals surface area contributed by atoms with Crippen molar-refractivity contribution in [2.24, 2.45) is 5.92 Å². The molecule has 2 saturated heterocycles. The van der Waals surface area contributed by atoms with Gasteiger partial charge in [0.15, 0.2) is 0 Å². The predicted octanol–water partition coefficient (Wildman–Crippen LogP) is 2.78. The topological polar surface area (TPSA) is 104 Å². The molecule has 4 unspecified atom stereocenters. The minimum Gasteiger partial charge on any atom is -0.473 e. The largest absolute Gasteiger partial charge is 0.473 e. The van der Waals surface area contributed by atoms with Crippen molar-refractivity contribution in [2.75, 3.05) is 18.8 Å². The summed E-state index contributed by atoms with van der Waals surface area (Å²) in [4.78, 5) is 20.9. The van der Waals surface area contributed by atoms with E-state index in [9.17, 15) is 0 Å². The lowest BCUT2D eigenvalue weighted by molar-refractivity contribution is -0.159. The van der Waals surface area contributed by atoms with Gasteiger partial charge in [-0.05, 0) is 44.4 Å². The van der Waals surface area contributed by atoms with Crippen molar-refractivity contribution in [1.29, 1.82) is 0 Å². The fourth-order valence-corrected chi connectivity index (χ4v) is 5.40. The number of aromatic nitrogens is 2. The van der Waals surface area contributed by atoms with Crippen LogP contribution in [-0.2, 0) is 9.59 Å².